The van der Waals surface area contributed by atoms with Crippen LogP contribution in [0.5, 0.6) is 0 Å². The lowest BCUT2D eigenvalue weighted by Gasteiger charge is -2.32. The maximum atomic E-state index is 12.9. The quantitative estimate of drug-likeness (QED) is 0.320. The zero-order valence-corrected chi connectivity index (χ0v) is 20.8. The molecule has 2 heterocycles. The smallest absolute Gasteiger partial charge is 0.198 e. The Hall–Kier alpha value is -3.77. The van der Waals surface area contributed by atoms with E-state index in [0.717, 1.165) is 46.6 Å². The van der Waals surface area contributed by atoms with Crippen LogP contribution in [0.3, 0.4) is 0 Å². The summed E-state index contributed by atoms with van der Waals surface area (Å²) in [5.74, 6) is 0.296. The van der Waals surface area contributed by atoms with Crippen LogP contribution in [0.25, 0.3) is 10.9 Å². The molecule has 1 aliphatic heterocycles. The van der Waals surface area contributed by atoms with Crippen LogP contribution in [0.4, 0.5) is 17.1 Å². The summed E-state index contributed by atoms with van der Waals surface area (Å²) in [4.78, 5) is 20.6. The van der Waals surface area contributed by atoms with E-state index in [4.69, 9.17) is 16.7 Å². The molecule has 4 aromatic rings. The maximum Gasteiger partial charge on any atom is 0.198 e. The van der Waals surface area contributed by atoms with E-state index in [1.807, 2.05) is 52.5 Å². The summed E-state index contributed by atoms with van der Waals surface area (Å²) >= 11 is 6.17. The van der Waals surface area contributed by atoms with E-state index >= 15 is 0 Å². The average Bonchev–Trinajstić information content (AvgIpc) is 3.47. The Kier molecular flexibility index (Phi) is 6.22. The number of para-hydroxylation sites is 1. The van der Waals surface area contributed by atoms with E-state index in [0.29, 0.717) is 10.9 Å². The van der Waals surface area contributed by atoms with Crippen LogP contribution in [0.1, 0.15) is 32.5 Å². The highest BCUT2D eigenvalue weighted by molar-refractivity contribution is 6.44. The molecule has 6 nitrogen and oxygen atoms in total. The number of halogens is 1. The van der Waals surface area contributed by atoms with Gasteiger partial charge in [-0.25, -0.2) is 5.01 Å². The summed E-state index contributed by atoms with van der Waals surface area (Å²) in [6, 6.07) is 24.1. The zero-order valence-electron chi connectivity index (χ0n) is 20.1. The van der Waals surface area contributed by atoms with Gasteiger partial charge in [-0.2, -0.15) is 0 Å². The third-order valence-corrected chi connectivity index (χ3v) is 6.72. The summed E-state index contributed by atoms with van der Waals surface area (Å²) in [5.41, 5.74) is 4.97. The van der Waals surface area contributed by atoms with Gasteiger partial charge in [-0.3, -0.25) is 9.69 Å². The Morgan fingerprint density at radius 3 is 2.29 bits per heavy atom. The number of H-pyrrole nitrogens is 1. The summed E-state index contributed by atoms with van der Waals surface area (Å²) in [6.45, 7) is 7.72. The molecule has 0 bridgehead atoms. The molecule has 178 valence electrons. The number of Topliss-reactive ketones (excluding diaryl/α,β-unsaturated/α-hetero) is 1. The van der Waals surface area contributed by atoms with E-state index in [9.17, 15) is 4.79 Å². The lowest BCUT2D eigenvalue weighted by Crippen LogP contribution is -2.37. The maximum absolute atomic E-state index is 12.9. The summed E-state index contributed by atoms with van der Waals surface area (Å²) in [5, 5.41) is 8.48. The predicted molar refractivity (Wildman–Crippen MR) is 146 cm³/mol. The number of aromatic amines is 1. The highest BCUT2D eigenvalue weighted by Crippen LogP contribution is 2.42. The number of hydrogen-bond acceptors (Lipinski definition) is 5. The number of amidine groups is 1. The fourth-order valence-electron chi connectivity index (χ4n) is 4.72. The van der Waals surface area contributed by atoms with Crippen LogP contribution < -0.4 is 14.8 Å². The largest absolute Gasteiger partial charge is 0.372 e. The highest BCUT2D eigenvalue weighted by atomic mass is 35.5. The van der Waals surface area contributed by atoms with Gasteiger partial charge in [0.2, 0.25) is 0 Å². The van der Waals surface area contributed by atoms with Crippen molar-refractivity contribution in [3.8, 4) is 0 Å². The molecule has 7 heteroatoms. The average molecular weight is 486 g/mol. The van der Waals surface area contributed by atoms with Gasteiger partial charge in [-0.15, -0.1) is 5.10 Å². The number of carbonyl (C=O) groups is 1. The molecule has 0 radical (unpaired) electrons. The number of carbonyl (C=O) groups excluding carboxylic acids is 1. The number of anilines is 3. The van der Waals surface area contributed by atoms with E-state index < -0.39 is 0 Å². The Morgan fingerprint density at radius 2 is 1.63 bits per heavy atom. The van der Waals surface area contributed by atoms with Crippen LogP contribution in [0.15, 0.2) is 84.1 Å². The predicted octanol–water partition coefficient (Wildman–Crippen LogP) is 6.60. The molecule has 1 N–H and O–H groups in total. The normalized spacial score (nSPS) is 15.5. The second-order valence-electron chi connectivity index (χ2n) is 8.52. The van der Waals surface area contributed by atoms with Crippen molar-refractivity contribution in [1.82, 2.24) is 4.98 Å². The molecule has 0 amide bonds. The van der Waals surface area contributed by atoms with Crippen molar-refractivity contribution in [1.29, 1.82) is 0 Å². The number of nitrogens with one attached hydrogen (secondary N) is 1. The van der Waals surface area contributed by atoms with Crippen LogP contribution in [-0.2, 0) is 4.79 Å². The van der Waals surface area contributed by atoms with Gasteiger partial charge in [0.1, 0.15) is 0 Å². The number of hydrazone groups is 1. The number of ketones is 1. The second kappa shape index (κ2) is 9.47. The van der Waals surface area contributed by atoms with Gasteiger partial charge < -0.3 is 9.88 Å². The minimum atomic E-state index is -0.356. The second-order valence-corrected chi connectivity index (χ2v) is 8.96. The number of hydrogen-bond donors (Lipinski definition) is 1. The molecule has 0 fully saturated rings. The van der Waals surface area contributed by atoms with Gasteiger partial charge in [-0.1, -0.05) is 29.8 Å². The van der Waals surface area contributed by atoms with Gasteiger partial charge in [0.25, 0.3) is 0 Å². The van der Waals surface area contributed by atoms with Crippen LogP contribution >= 0.6 is 11.6 Å². The van der Waals surface area contributed by atoms with Crippen molar-refractivity contribution >= 4 is 51.2 Å². The lowest BCUT2D eigenvalue weighted by molar-refractivity contribution is -0.111. The molecule has 1 atom stereocenters. The first-order valence-electron chi connectivity index (χ1n) is 11.9. The van der Waals surface area contributed by atoms with E-state index in [2.05, 4.69) is 60.1 Å². The van der Waals surface area contributed by atoms with Gasteiger partial charge in [0.15, 0.2) is 17.8 Å². The van der Waals surface area contributed by atoms with Gasteiger partial charge in [0, 0.05) is 59.1 Å². The molecule has 35 heavy (non-hydrogen) atoms. The topological polar surface area (TPSA) is 54.9 Å². The van der Waals surface area contributed by atoms with Crippen molar-refractivity contribution in [2.75, 3.05) is 27.9 Å². The van der Waals surface area contributed by atoms with Crippen molar-refractivity contribution in [2.45, 2.75) is 26.9 Å². The number of fused-ring (bicyclic) bond motifs is 1. The third-order valence-electron chi connectivity index (χ3n) is 6.47. The monoisotopic (exact) mass is 485 g/mol. The Balaban J connectivity index is 1.67. The van der Waals surface area contributed by atoms with Crippen molar-refractivity contribution < 1.29 is 4.79 Å². The Bertz CT molecular complexity index is 1370. The van der Waals surface area contributed by atoms with Gasteiger partial charge in [0.05, 0.1) is 5.69 Å². The minimum absolute atomic E-state index is 0.0980. The van der Waals surface area contributed by atoms with Gasteiger partial charge in [-0.05, 0) is 68.4 Å². The van der Waals surface area contributed by atoms with E-state index in [1.165, 1.54) is 0 Å². The molecule has 5 rings (SSSR count). The summed E-state index contributed by atoms with van der Waals surface area (Å²) < 4.78 is 0. The van der Waals surface area contributed by atoms with Crippen LogP contribution in [-0.4, -0.2) is 29.7 Å². The fraction of sp³-hybridized carbons (Fsp3) is 0.214. The standard InChI is InChI=1S/C28H28ClN5O/c1-4-32(5-2)21-14-16-22(17-15-21)33-27(19(3)35)31-34(23-12-10-20(29)11-13-23)28(33)25-18-30-26-9-7-6-8-24(25)26/h6-18,28,30H,4-5H2,1-3H3/t28-/m0/s1. The van der Waals surface area contributed by atoms with E-state index in [1.54, 1.807) is 6.92 Å². The molecule has 3 aromatic carbocycles. The zero-order chi connectivity index (χ0) is 24.5. The molecule has 0 saturated heterocycles. The number of aromatic nitrogens is 1. The van der Waals surface area contributed by atoms with Crippen molar-refractivity contribution in [3.63, 3.8) is 0 Å². The van der Waals surface area contributed by atoms with Gasteiger partial charge >= 0.3 is 0 Å². The molecule has 0 spiro atoms. The molecular formula is C28H28ClN5O. The summed E-state index contributed by atoms with van der Waals surface area (Å²) in [7, 11) is 0. The Morgan fingerprint density at radius 1 is 0.971 bits per heavy atom. The fourth-order valence-corrected chi connectivity index (χ4v) is 4.84. The van der Waals surface area contributed by atoms with Crippen molar-refractivity contribution in [3.05, 3.63) is 89.6 Å². The highest BCUT2D eigenvalue weighted by Gasteiger charge is 2.40. The lowest BCUT2D eigenvalue weighted by atomic mass is 10.1. The minimum Gasteiger partial charge on any atom is -0.372 e. The molecule has 1 aliphatic rings. The molecule has 0 aliphatic carbocycles. The number of benzene rings is 3. The third kappa shape index (κ3) is 4.15. The van der Waals surface area contributed by atoms with Crippen molar-refractivity contribution in [2.24, 2.45) is 5.10 Å². The summed E-state index contributed by atoms with van der Waals surface area (Å²) in [6.07, 6.45) is 1.65. The van der Waals surface area contributed by atoms with Crippen LogP contribution in [0, 0.1) is 0 Å². The Labute approximate surface area is 210 Å². The first-order chi connectivity index (χ1) is 17.0. The number of rotatable bonds is 7. The molecular weight excluding hydrogens is 458 g/mol. The molecule has 0 saturated carbocycles. The first kappa shape index (κ1) is 23.0. The number of nitrogens with zero attached hydrogens (tertiary/aromatic N) is 4. The molecule has 1 aromatic heterocycles. The van der Waals surface area contributed by atoms with Crippen LogP contribution in [0.2, 0.25) is 5.02 Å². The SMILES string of the molecule is CCN(CC)c1ccc(N2C(C(C)=O)=NN(c3ccc(Cl)cc3)[C@H]2c2c[nH]c3ccccc23)cc1. The molecule has 0 unspecified atom stereocenters. The first-order valence-corrected chi connectivity index (χ1v) is 12.2. The van der Waals surface area contributed by atoms with E-state index in [-0.39, 0.29) is 11.9 Å².